The van der Waals surface area contributed by atoms with Gasteiger partial charge in [-0.2, -0.15) is 0 Å². The third-order valence-electron chi connectivity index (χ3n) is 2.94. The van der Waals surface area contributed by atoms with E-state index >= 15 is 0 Å². The second-order valence-electron chi connectivity index (χ2n) is 4.36. The van der Waals surface area contributed by atoms with Crippen LogP contribution in [0.3, 0.4) is 0 Å². The molecule has 4 nitrogen and oxygen atoms in total. The largest absolute Gasteiger partial charge is 0.397 e. The third kappa shape index (κ3) is 3.42. The minimum atomic E-state index is -0.139. The van der Waals surface area contributed by atoms with E-state index in [1.165, 1.54) is 0 Å². The van der Waals surface area contributed by atoms with E-state index in [0.29, 0.717) is 22.8 Å². The predicted molar refractivity (Wildman–Crippen MR) is 83.0 cm³/mol. The van der Waals surface area contributed by atoms with Crippen molar-refractivity contribution in [1.82, 2.24) is 5.32 Å². The SMILES string of the molecule is CNC(=O)c1ccc(N)c(NCc2ccc(Cl)cc2)c1. The number of nitrogen functional groups attached to an aromatic ring is 1. The summed E-state index contributed by atoms with van der Waals surface area (Å²) < 4.78 is 0. The van der Waals surface area contributed by atoms with Crippen LogP contribution >= 0.6 is 11.6 Å². The van der Waals surface area contributed by atoms with Gasteiger partial charge in [-0.15, -0.1) is 0 Å². The molecule has 1 amide bonds. The summed E-state index contributed by atoms with van der Waals surface area (Å²) in [5, 5.41) is 6.51. The molecule has 0 aromatic heterocycles. The zero-order valence-electron chi connectivity index (χ0n) is 11.1. The first-order valence-electron chi connectivity index (χ1n) is 6.20. The zero-order valence-corrected chi connectivity index (χ0v) is 11.9. The van der Waals surface area contributed by atoms with Crippen molar-refractivity contribution in [3.8, 4) is 0 Å². The summed E-state index contributed by atoms with van der Waals surface area (Å²) in [4.78, 5) is 11.6. The molecule has 0 fully saturated rings. The van der Waals surface area contributed by atoms with Gasteiger partial charge >= 0.3 is 0 Å². The maximum Gasteiger partial charge on any atom is 0.251 e. The van der Waals surface area contributed by atoms with Crippen molar-refractivity contribution >= 4 is 28.9 Å². The van der Waals surface area contributed by atoms with Crippen molar-refractivity contribution in [2.75, 3.05) is 18.1 Å². The van der Waals surface area contributed by atoms with Crippen molar-refractivity contribution in [1.29, 1.82) is 0 Å². The van der Waals surface area contributed by atoms with Crippen LogP contribution in [0.5, 0.6) is 0 Å². The number of benzene rings is 2. The van der Waals surface area contributed by atoms with Crippen LogP contribution in [0.4, 0.5) is 11.4 Å². The van der Waals surface area contributed by atoms with E-state index in [-0.39, 0.29) is 5.91 Å². The number of rotatable bonds is 4. The van der Waals surface area contributed by atoms with Crippen LogP contribution in [-0.4, -0.2) is 13.0 Å². The van der Waals surface area contributed by atoms with Crippen molar-refractivity contribution in [2.24, 2.45) is 0 Å². The van der Waals surface area contributed by atoms with Crippen molar-refractivity contribution in [3.63, 3.8) is 0 Å². The number of nitrogens with one attached hydrogen (secondary N) is 2. The van der Waals surface area contributed by atoms with Gasteiger partial charge in [0.1, 0.15) is 0 Å². The van der Waals surface area contributed by atoms with E-state index in [4.69, 9.17) is 17.3 Å². The summed E-state index contributed by atoms with van der Waals surface area (Å²) in [5.74, 6) is -0.139. The lowest BCUT2D eigenvalue weighted by Crippen LogP contribution is -2.18. The van der Waals surface area contributed by atoms with Gasteiger partial charge in [-0.25, -0.2) is 0 Å². The molecule has 2 rings (SSSR count). The first-order valence-corrected chi connectivity index (χ1v) is 6.58. The fraction of sp³-hybridized carbons (Fsp3) is 0.133. The number of halogens is 1. The van der Waals surface area contributed by atoms with Crippen LogP contribution in [-0.2, 0) is 6.54 Å². The number of anilines is 2. The summed E-state index contributed by atoms with van der Waals surface area (Å²) in [6.45, 7) is 0.610. The summed E-state index contributed by atoms with van der Waals surface area (Å²) >= 11 is 5.84. The Morgan fingerprint density at radius 2 is 1.90 bits per heavy atom. The molecule has 0 heterocycles. The standard InChI is InChI=1S/C15H16ClN3O/c1-18-15(20)11-4-7-13(17)14(8-11)19-9-10-2-5-12(16)6-3-10/h2-8,19H,9,17H2,1H3,(H,18,20). The van der Waals surface area contributed by atoms with Crippen molar-refractivity contribution in [2.45, 2.75) is 6.54 Å². The van der Waals surface area contributed by atoms with Gasteiger partial charge < -0.3 is 16.4 Å². The smallest absolute Gasteiger partial charge is 0.251 e. The Morgan fingerprint density at radius 3 is 2.55 bits per heavy atom. The summed E-state index contributed by atoms with van der Waals surface area (Å²) in [6, 6.07) is 12.7. The van der Waals surface area contributed by atoms with Crippen LogP contribution < -0.4 is 16.4 Å². The fourth-order valence-electron chi connectivity index (χ4n) is 1.79. The molecule has 0 saturated heterocycles. The van der Waals surface area contributed by atoms with E-state index in [1.54, 1.807) is 25.2 Å². The predicted octanol–water partition coefficient (Wildman–Crippen LogP) is 2.89. The molecule has 0 aliphatic rings. The van der Waals surface area contributed by atoms with Crippen LogP contribution in [0.2, 0.25) is 5.02 Å². The Bertz CT molecular complexity index is 611. The van der Waals surface area contributed by atoms with Crippen molar-refractivity contribution in [3.05, 3.63) is 58.6 Å². The Balaban J connectivity index is 2.12. The molecule has 4 N–H and O–H groups in total. The summed E-state index contributed by atoms with van der Waals surface area (Å²) in [7, 11) is 1.60. The van der Waals surface area contributed by atoms with E-state index in [1.807, 2.05) is 24.3 Å². The summed E-state index contributed by atoms with van der Waals surface area (Å²) in [5.41, 5.74) is 8.90. The molecule has 0 unspecified atom stereocenters. The van der Waals surface area contributed by atoms with E-state index in [0.717, 1.165) is 11.3 Å². The van der Waals surface area contributed by atoms with Crippen LogP contribution in [0.1, 0.15) is 15.9 Å². The molecule has 2 aromatic rings. The lowest BCUT2D eigenvalue weighted by Gasteiger charge is -2.11. The molecule has 104 valence electrons. The molecule has 0 atom stereocenters. The Kier molecular flexibility index (Phi) is 4.48. The van der Waals surface area contributed by atoms with Gasteiger partial charge in [0.05, 0.1) is 11.4 Å². The second kappa shape index (κ2) is 6.30. The lowest BCUT2D eigenvalue weighted by molar-refractivity contribution is 0.0963. The van der Waals surface area contributed by atoms with Gasteiger partial charge in [-0.3, -0.25) is 4.79 Å². The first-order chi connectivity index (χ1) is 9.60. The summed E-state index contributed by atoms with van der Waals surface area (Å²) in [6.07, 6.45) is 0. The van der Waals surface area contributed by atoms with Crippen LogP contribution in [0.15, 0.2) is 42.5 Å². The topological polar surface area (TPSA) is 67.2 Å². The molecule has 5 heteroatoms. The van der Waals surface area contributed by atoms with E-state index in [9.17, 15) is 4.79 Å². The molecule has 20 heavy (non-hydrogen) atoms. The molecule has 2 aromatic carbocycles. The Hall–Kier alpha value is -2.20. The molecule has 0 spiro atoms. The van der Waals surface area contributed by atoms with Crippen LogP contribution in [0, 0.1) is 0 Å². The lowest BCUT2D eigenvalue weighted by atomic mass is 10.1. The number of nitrogens with two attached hydrogens (primary N) is 1. The highest BCUT2D eigenvalue weighted by Gasteiger charge is 2.06. The molecule has 0 aliphatic heterocycles. The monoisotopic (exact) mass is 289 g/mol. The highest BCUT2D eigenvalue weighted by molar-refractivity contribution is 6.30. The number of carbonyl (C=O) groups excluding carboxylic acids is 1. The molecule has 0 radical (unpaired) electrons. The number of hydrogen-bond donors (Lipinski definition) is 3. The maximum absolute atomic E-state index is 11.6. The number of carbonyl (C=O) groups is 1. The van der Waals surface area contributed by atoms with Gasteiger partial charge in [0.25, 0.3) is 5.91 Å². The van der Waals surface area contributed by atoms with Gasteiger partial charge in [0, 0.05) is 24.2 Å². The second-order valence-corrected chi connectivity index (χ2v) is 4.80. The number of hydrogen-bond acceptors (Lipinski definition) is 3. The average molecular weight is 290 g/mol. The third-order valence-corrected chi connectivity index (χ3v) is 3.19. The maximum atomic E-state index is 11.6. The van der Waals surface area contributed by atoms with Gasteiger partial charge in [0.15, 0.2) is 0 Å². The molecular formula is C15H16ClN3O. The average Bonchev–Trinajstić information content (AvgIpc) is 2.47. The van der Waals surface area contributed by atoms with Crippen molar-refractivity contribution < 1.29 is 4.79 Å². The van der Waals surface area contributed by atoms with E-state index < -0.39 is 0 Å². The molecular weight excluding hydrogens is 274 g/mol. The quantitative estimate of drug-likeness (QED) is 0.758. The molecule has 0 aliphatic carbocycles. The molecule has 0 bridgehead atoms. The normalized spacial score (nSPS) is 10.1. The number of amides is 1. The van der Waals surface area contributed by atoms with Gasteiger partial charge in [-0.05, 0) is 35.9 Å². The van der Waals surface area contributed by atoms with Crippen LogP contribution in [0.25, 0.3) is 0 Å². The minimum absolute atomic E-state index is 0.139. The zero-order chi connectivity index (χ0) is 14.5. The van der Waals surface area contributed by atoms with Gasteiger partial charge in [-0.1, -0.05) is 23.7 Å². The van der Waals surface area contributed by atoms with Gasteiger partial charge in [0.2, 0.25) is 0 Å². The Morgan fingerprint density at radius 1 is 1.20 bits per heavy atom. The molecule has 0 saturated carbocycles. The first kappa shape index (κ1) is 14.2. The Labute approximate surface area is 122 Å². The van der Waals surface area contributed by atoms with E-state index in [2.05, 4.69) is 10.6 Å². The highest BCUT2D eigenvalue weighted by Crippen LogP contribution is 2.21. The highest BCUT2D eigenvalue weighted by atomic mass is 35.5. The minimum Gasteiger partial charge on any atom is -0.397 e. The fourth-order valence-corrected chi connectivity index (χ4v) is 1.92.